The molecule has 2 aromatic carbocycles. The van der Waals surface area contributed by atoms with E-state index in [1.807, 2.05) is 48.5 Å². The number of ether oxygens (including phenoxy) is 8. The Morgan fingerprint density at radius 2 is 0.570 bits per heavy atom. The normalized spacial score (nSPS) is 15.1. The van der Waals surface area contributed by atoms with Crippen LogP contribution in [0.2, 0.25) is 0 Å². The van der Waals surface area contributed by atoms with Crippen molar-refractivity contribution in [3.63, 3.8) is 0 Å². The van der Waals surface area contributed by atoms with Gasteiger partial charge < -0.3 is 48.1 Å². The third-order valence-corrected chi connectivity index (χ3v) is 24.7. The molecule has 0 heterocycles. The van der Waals surface area contributed by atoms with Crippen LogP contribution in [0.15, 0.2) is 120 Å². The monoisotopic (exact) mass is 1890 g/mol. The Morgan fingerprint density at radius 3 is 0.812 bits per heavy atom. The molecular weight excluding hydrogens is 1740 g/mol. The first-order chi connectivity index (χ1) is 62.2. The summed E-state index contributed by atoms with van der Waals surface area (Å²) in [7, 11) is -13.6. The number of methoxy groups -OCH3 is 2. The summed E-state index contributed by atoms with van der Waals surface area (Å²) in [6, 6.07) is 12.1. The predicted octanol–water partition coefficient (Wildman–Crippen LogP) is 23.8. The highest BCUT2D eigenvalue weighted by Gasteiger charge is 2.33. The van der Waals surface area contributed by atoms with E-state index in [4.69, 9.17) is 103 Å². The molecule has 0 aliphatic heterocycles. The van der Waals surface area contributed by atoms with Crippen molar-refractivity contribution >= 4 is 31.3 Å². The molecule has 0 bridgehead atoms. The van der Waals surface area contributed by atoms with Crippen molar-refractivity contribution in [2.45, 2.75) is 282 Å². The third kappa shape index (κ3) is 66.7. The molecule has 128 heavy (non-hydrogen) atoms. The minimum atomic E-state index is -4.23. The molecule has 0 radical (unpaired) electrons. The molecule has 2 rings (SSSR count). The maximum atomic E-state index is 13.6. The average molecular weight is 1890 g/mol. The van der Waals surface area contributed by atoms with Gasteiger partial charge in [-0.25, -0.2) is 18.3 Å². The first-order valence-electron chi connectivity index (χ1n) is 45.1. The van der Waals surface area contributed by atoms with E-state index in [0.29, 0.717) is 65.0 Å². The summed E-state index contributed by atoms with van der Waals surface area (Å²) in [6.07, 6.45) is 32.1. The Bertz CT molecular complexity index is 3300. The third-order valence-electron chi connectivity index (χ3n) is 19.0. The van der Waals surface area contributed by atoms with Crippen LogP contribution in [0.1, 0.15) is 231 Å². The summed E-state index contributed by atoms with van der Waals surface area (Å²) < 4.78 is 165. The van der Waals surface area contributed by atoms with Crippen molar-refractivity contribution in [3.8, 4) is 11.5 Å². The van der Waals surface area contributed by atoms with Crippen molar-refractivity contribution in [1.82, 2.24) is 0 Å². The Hall–Kier alpha value is -5.64. The molecule has 0 spiro atoms. The van der Waals surface area contributed by atoms with E-state index in [9.17, 15) is 39.5 Å². The zero-order valence-corrected chi connectivity index (χ0v) is 80.6. The van der Waals surface area contributed by atoms with Crippen molar-refractivity contribution in [2.24, 2.45) is 20.5 Å². The van der Waals surface area contributed by atoms with E-state index in [-0.39, 0.29) is 144 Å². The Labute approximate surface area is 760 Å². The molecule has 12 atom stereocenters. The maximum absolute atomic E-state index is 13.6. The lowest BCUT2D eigenvalue weighted by Crippen LogP contribution is -2.22. The van der Waals surface area contributed by atoms with Gasteiger partial charge in [-0.05, 0) is 122 Å². The van der Waals surface area contributed by atoms with Crippen molar-refractivity contribution < 1.29 is 121 Å². The van der Waals surface area contributed by atoms with E-state index in [1.165, 1.54) is 75.7 Å². The highest BCUT2D eigenvalue weighted by molar-refractivity contribution is 7.49. The van der Waals surface area contributed by atoms with E-state index >= 15 is 0 Å². The van der Waals surface area contributed by atoms with Gasteiger partial charge in [0.05, 0.1) is 182 Å². The zero-order chi connectivity index (χ0) is 94.0. The second-order valence-electron chi connectivity index (χ2n) is 29.9. The lowest BCUT2D eigenvalue weighted by molar-refractivity contribution is 0.00212. The predicted molar refractivity (Wildman–Crippen MR) is 494 cm³/mol. The van der Waals surface area contributed by atoms with Gasteiger partial charge >= 0.3 is 31.3 Å². The Morgan fingerprint density at radius 1 is 0.320 bits per heavy atom. The van der Waals surface area contributed by atoms with Gasteiger partial charge in [-0.1, -0.05) is 225 Å². The molecule has 0 aliphatic carbocycles. The van der Waals surface area contributed by atoms with Gasteiger partial charge in [0, 0.05) is 46.1 Å². The summed E-state index contributed by atoms with van der Waals surface area (Å²) in [5, 5.41) is 35.2. The number of phosphoric acid groups is 4. The summed E-state index contributed by atoms with van der Waals surface area (Å²) >= 11 is 0. The molecule has 8 unspecified atom stereocenters. The van der Waals surface area contributed by atoms with Crippen molar-refractivity contribution in [2.75, 3.05) is 146 Å². The minimum Gasteiger partial charge on any atom is -0.497 e. The summed E-state index contributed by atoms with van der Waals surface area (Å²) in [6.45, 7) is 21.9. The summed E-state index contributed by atoms with van der Waals surface area (Å²) in [5.41, 5.74) is 38.6. The van der Waals surface area contributed by atoms with Crippen LogP contribution in [0.3, 0.4) is 0 Å². The van der Waals surface area contributed by atoms with Crippen LogP contribution in [0.25, 0.3) is 41.8 Å². The van der Waals surface area contributed by atoms with Crippen molar-refractivity contribution in [3.05, 3.63) is 152 Å². The number of phosphoric ester groups is 4. The standard InChI is InChI=1S/C51H84N6O14P2.C35H68N6O12P2/c1-7-11-13-15-17-20-50(64-38-44-22-26-48(60-5)27-23-44)30-36-62-40-46(54-56-52)42-70-72(58,66-32-9-3)68-34-19-35-69-73(59,67-33-10-4)71-43-47(55-57-53)41-63-37-31-51(21-18-16-14-12-8-2)65-39-45-24-28-49(61-6)29-25-45;1-5-9-11-13-15-18-34(42)20-26-46-28-32(38-40-36)30-52-54(44,48-22-7-3)50-24-17-25-51-55(45,49-23-8-4)53-31-33(39-41-37)29-47-27-21-35(43)19-16-14-12-10-6-2/h9-10,22-29,46-47,50-51H,3-4,7-8,11-21,30-43H2,1-2,5-6H3;7-8,32-35,42-43H,3-6,9-31H2,1-2H3/t46?,47?,50-,51-,72?,73?;32?,33?,34-,35-,54?,55?/m11/s1. The maximum Gasteiger partial charge on any atom is 0.475 e. The molecule has 42 heteroatoms. The van der Waals surface area contributed by atoms with Gasteiger partial charge in [0.1, 0.15) is 11.5 Å². The molecule has 2 aromatic rings. The van der Waals surface area contributed by atoms with Gasteiger partial charge in [0.15, 0.2) is 0 Å². The number of hydrogen-bond acceptors (Lipinski definition) is 30. The van der Waals surface area contributed by atoms with E-state index in [1.54, 1.807) is 14.2 Å². The molecule has 38 nitrogen and oxygen atoms in total. The highest BCUT2D eigenvalue weighted by Crippen LogP contribution is 2.53. The molecule has 0 amide bonds. The second-order valence-corrected chi connectivity index (χ2v) is 36.6. The van der Waals surface area contributed by atoms with Crippen LogP contribution in [-0.4, -0.2) is 205 Å². The lowest BCUT2D eigenvalue weighted by Gasteiger charge is -2.21. The van der Waals surface area contributed by atoms with Crippen LogP contribution in [0.4, 0.5) is 0 Å². The second kappa shape index (κ2) is 82.1. The molecule has 0 saturated carbocycles. The van der Waals surface area contributed by atoms with E-state index in [0.717, 1.165) is 113 Å². The fourth-order valence-corrected chi connectivity index (χ4v) is 16.6. The topological polar surface area (TPSA) is 488 Å². The Kier molecular flexibility index (Phi) is 77.2. The molecule has 0 aliphatic rings. The number of rotatable bonds is 92. The fourth-order valence-electron chi connectivity index (χ4n) is 11.8. The van der Waals surface area contributed by atoms with E-state index in [2.05, 4.69) is 94.1 Å². The quantitative estimate of drug-likeness (QED) is 0.0155. The number of aliphatic hydroxyl groups is 2. The van der Waals surface area contributed by atoms with E-state index < -0.39 is 67.7 Å². The first-order valence-corrected chi connectivity index (χ1v) is 50.9. The number of benzene rings is 2. The van der Waals surface area contributed by atoms with Crippen LogP contribution < -0.4 is 9.47 Å². The lowest BCUT2D eigenvalue weighted by atomic mass is 10.1. The van der Waals surface area contributed by atoms with Crippen LogP contribution in [0.5, 0.6) is 11.5 Å². The van der Waals surface area contributed by atoms with Gasteiger partial charge in [-0.3, -0.25) is 54.3 Å². The fraction of sp³-hybridized carbons (Fsp3) is 0.767. The van der Waals surface area contributed by atoms with Crippen LogP contribution in [-0.2, 0) is 114 Å². The van der Waals surface area contributed by atoms with Crippen LogP contribution in [0, 0.1) is 0 Å². The molecule has 732 valence electrons. The summed E-state index contributed by atoms with van der Waals surface area (Å²) in [5.74, 6) is 1.55. The van der Waals surface area contributed by atoms with Gasteiger partial charge in [0.2, 0.25) is 0 Å². The zero-order valence-electron chi connectivity index (χ0n) is 77.0. The largest absolute Gasteiger partial charge is 0.497 e. The first kappa shape index (κ1) is 120. The average Bonchev–Trinajstić information content (AvgIpc) is 0.890. The number of unbranched alkanes of at least 4 members (excludes halogenated alkanes) is 16. The number of hydrogen-bond donors (Lipinski definition) is 2. The number of azide groups is 4. The molecule has 0 aromatic heterocycles. The molecule has 2 N–H and O–H groups in total. The number of aliphatic hydroxyl groups excluding tert-OH is 2. The van der Waals surface area contributed by atoms with Crippen molar-refractivity contribution in [1.29, 1.82) is 0 Å². The van der Waals surface area contributed by atoms with Gasteiger partial charge in [0.25, 0.3) is 0 Å². The minimum absolute atomic E-state index is 0.0194. The van der Waals surface area contributed by atoms with Gasteiger partial charge in [-0.15, -0.1) is 26.3 Å². The molecular formula is C86H152N12O26P4. The molecule has 0 saturated heterocycles. The number of nitrogens with zero attached hydrogens (tertiary/aromatic N) is 12. The highest BCUT2D eigenvalue weighted by atomic mass is 31.2. The van der Waals surface area contributed by atoms with Crippen LogP contribution >= 0.6 is 31.3 Å². The Balaban J connectivity index is 0.00000133. The smallest absolute Gasteiger partial charge is 0.475 e. The molecule has 0 fully saturated rings. The SMILES string of the molecule is C=CCOP(=O)(OCCCOP(=O)(OCC=C)OCC(COCC[C@@H](CCCCCCC)OCc1ccc(OC)cc1)N=[N+]=[N-])OCC(COCC[C@@H](CCCCCCC)OCc1ccc(OC)cc1)N=[N+]=[N-].C=CCOP(=O)(OCCCOP(=O)(OCC=C)OCC(COCC[C@H](O)CCCCCCC)N=[N+]=[N-])OCC(COCC[C@H](O)CCCCCCC)N=[N+]=[N-]. The summed E-state index contributed by atoms with van der Waals surface area (Å²) in [4.78, 5) is 11.4. The van der Waals surface area contributed by atoms with Gasteiger partial charge in [-0.2, -0.15) is 0 Å².